The Hall–Kier alpha value is -3.81. The molecule has 2 N–H and O–H groups in total. The fraction of sp³-hybridized carbons (Fsp3) is 0.0556. The Bertz CT molecular complexity index is 1150. The molecule has 1 amide bonds. The first-order chi connectivity index (χ1) is 12.6. The largest absolute Gasteiger partial charge is 0.464 e. The molecule has 0 atom stereocenters. The van der Waals surface area contributed by atoms with Gasteiger partial charge in [-0.15, -0.1) is 0 Å². The lowest BCUT2D eigenvalue weighted by Crippen LogP contribution is -2.12. The summed E-state index contributed by atoms with van der Waals surface area (Å²) < 4.78 is 4.67. The third-order valence-electron chi connectivity index (χ3n) is 3.86. The Morgan fingerprint density at radius 1 is 1.04 bits per heavy atom. The van der Waals surface area contributed by atoms with Crippen LogP contribution in [0, 0.1) is 0 Å². The van der Waals surface area contributed by atoms with Gasteiger partial charge < -0.3 is 15.0 Å². The molecular formula is C18H13N5O3. The normalized spacial score (nSPS) is 10.8. The second kappa shape index (κ2) is 6.25. The number of carbonyl (C=O) groups excluding carboxylic acids is 2. The van der Waals surface area contributed by atoms with Crippen molar-refractivity contribution >= 4 is 39.6 Å². The first-order valence-electron chi connectivity index (χ1n) is 7.73. The van der Waals surface area contributed by atoms with E-state index in [4.69, 9.17) is 0 Å². The van der Waals surface area contributed by atoms with Gasteiger partial charge in [-0.3, -0.25) is 14.8 Å². The monoisotopic (exact) mass is 347 g/mol. The molecule has 3 heterocycles. The van der Waals surface area contributed by atoms with Crippen LogP contribution in [0.25, 0.3) is 22.1 Å². The van der Waals surface area contributed by atoms with Crippen molar-refractivity contribution in [2.75, 3.05) is 12.4 Å². The molecule has 8 heteroatoms. The Morgan fingerprint density at radius 3 is 2.65 bits per heavy atom. The van der Waals surface area contributed by atoms with Crippen LogP contribution >= 0.6 is 0 Å². The first kappa shape index (κ1) is 15.7. The number of aromatic nitrogens is 4. The van der Waals surface area contributed by atoms with Gasteiger partial charge in [-0.1, -0.05) is 0 Å². The SMILES string of the molecule is COC(=O)c1cc2cc(NC(=O)c3ccc4nccnc4c3)cnc2[nH]1. The molecule has 0 fully saturated rings. The Balaban J connectivity index is 1.60. The van der Waals surface area contributed by atoms with Crippen molar-refractivity contribution in [1.29, 1.82) is 0 Å². The molecule has 0 aliphatic heterocycles. The summed E-state index contributed by atoms with van der Waals surface area (Å²) in [4.78, 5) is 39.5. The van der Waals surface area contributed by atoms with Gasteiger partial charge in [-0.05, 0) is 30.3 Å². The van der Waals surface area contributed by atoms with E-state index in [0.29, 0.717) is 33.5 Å². The zero-order valence-corrected chi connectivity index (χ0v) is 13.7. The maximum atomic E-state index is 12.5. The number of anilines is 1. The van der Waals surface area contributed by atoms with Gasteiger partial charge in [0, 0.05) is 23.3 Å². The van der Waals surface area contributed by atoms with Crippen molar-refractivity contribution in [1.82, 2.24) is 19.9 Å². The summed E-state index contributed by atoms with van der Waals surface area (Å²) in [5.74, 6) is -0.770. The number of hydrogen-bond acceptors (Lipinski definition) is 6. The minimum absolute atomic E-state index is 0.289. The van der Waals surface area contributed by atoms with E-state index in [1.165, 1.54) is 13.3 Å². The highest BCUT2D eigenvalue weighted by molar-refractivity contribution is 6.06. The van der Waals surface area contributed by atoms with E-state index in [1.807, 2.05) is 0 Å². The molecule has 8 nitrogen and oxygen atoms in total. The number of nitrogens with one attached hydrogen (secondary N) is 2. The van der Waals surface area contributed by atoms with E-state index in [2.05, 4.69) is 30.0 Å². The second-order valence-corrected chi connectivity index (χ2v) is 5.55. The topological polar surface area (TPSA) is 110 Å². The van der Waals surface area contributed by atoms with Gasteiger partial charge in [0.25, 0.3) is 5.91 Å². The highest BCUT2D eigenvalue weighted by atomic mass is 16.5. The summed E-state index contributed by atoms with van der Waals surface area (Å²) in [6.07, 6.45) is 4.69. The van der Waals surface area contributed by atoms with Crippen LogP contribution in [0.1, 0.15) is 20.8 Å². The maximum absolute atomic E-state index is 12.5. The highest BCUT2D eigenvalue weighted by Gasteiger charge is 2.12. The summed E-state index contributed by atoms with van der Waals surface area (Å²) in [5, 5.41) is 3.48. The number of rotatable bonds is 3. The van der Waals surface area contributed by atoms with Crippen LogP contribution in [0.15, 0.2) is 48.9 Å². The number of hydrogen-bond donors (Lipinski definition) is 2. The van der Waals surface area contributed by atoms with Gasteiger partial charge in [0.2, 0.25) is 0 Å². The molecule has 0 bridgehead atoms. The lowest BCUT2D eigenvalue weighted by Gasteiger charge is -2.05. The average molecular weight is 347 g/mol. The van der Waals surface area contributed by atoms with Gasteiger partial charge >= 0.3 is 5.97 Å². The number of H-pyrrole nitrogens is 1. The van der Waals surface area contributed by atoms with Gasteiger partial charge in [-0.2, -0.15) is 0 Å². The van der Waals surface area contributed by atoms with Gasteiger partial charge in [0.15, 0.2) is 0 Å². The number of nitrogens with zero attached hydrogens (tertiary/aromatic N) is 3. The minimum Gasteiger partial charge on any atom is -0.464 e. The molecule has 4 aromatic rings. The first-order valence-corrected chi connectivity index (χ1v) is 7.73. The van der Waals surface area contributed by atoms with Gasteiger partial charge in [0.1, 0.15) is 11.3 Å². The highest BCUT2D eigenvalue weighted by Crippen LogP contribution is 2.19. The zero-order chi connectivity index (χ0) is 18.1. The lowest BCUT2D eigenvalue weighted by atomic mass is 10.1. The second-order valence-electron chi connectivity index (χ2n) is 5.55. The van der Waals surface area contributed by atoms with Crippen LogP contribution in [0.3, 0.4) is 0 Å². The van der Waals surface area contributed by atoms with Crippen molar-refractivity contribution in [2.45, 2.75) is 0 Å². The molecule has 0 unspecified atom stereocenters. The van der Waals surface area contributed by atoms with Crippen molar-refractivity contribution in [3.05, 3.63) is 60.2 Å². The van der Waals surface area contributed by atoms with E-state index in [9.17, 15) is 9.59 Å². The number of carbonyl (C=O) groups is 2. The predicted molar refractivity (Wildman–Crippen MR) is 94.9 cm³/mol. The van der Waals surface area contributed by atoms with Crippen molar-refractivity contribution < 1.29 is 14.3 Å². The summed E-state index contributed by atoms with van der Waals surface area (Å²) in [5.41, 5.74) is 3.16. The fourth-order valence-corrected chi connectivity index (χ4v) is 2.61. The molecule has 26 heavy (non-hydrogen) atoms. The summed E-state index contributed by atoms with van der Waals surface area (Å²) in [7, 11) is 1.31. The van der Waals surface area contributed by atoms with Crippen LogP contribution in [0.4, 0.5) is 5.69 Å². The number of benzene rings is 1. The molecular weight excluding hydrogens is 334 g/mol. The third-order valence-corrected chi connectivity index (χ3v) is 3.86. The quantitative estimate of drug-likeness (QED) is 0.551. The number of fused-ring (bicyclic) bond motifs is 2. The molecule has 3 aromatic heterocycles. The minimum atomic E-state index is -0.481. The van der Waals surface area contributed by atoms with E-state index >= 15 is 0 Å². The maximum Gasteiger partial charge on any atom is 0.354 e. The molecule has 0 saturated heterocycles. The molecule has 0 spiro atoms. The third kappa shape index (κ3) is 2.84. The van der Waals surface area contributed by atoms with E-state index in [1.54, 1.807) is 42.7 Å². The zero-order valence-electron chi connectivity index (χ0n) is 13.7. The molecule has 1 aromatic carbocycles. The molecule has 0 aliphatic rings. The number of pyridine rings is 1. The predicted octanol–water partition coefficient (Wildman–Crippen LogP) is 2.54. The molecule has 0 saturated carbocycles. The van der Waals surface area contributed by atoms with E-state index in [-0.39, 0.29) is 5.91 Å². The summed E-state index contributed by atoms with van der Waals surface area (Å²) >= 11 is 0. The smallest absolute Gasteiger partial charge is 0.354 e. The van der Waals surface area contributed by atoms with Crippen LogP contribution < -0.4 is 5.32 Å². The molecule has 4 rings (SSSR count). The molecule has 128 valence electrons. The lowest BCUT2D eigenvalue weighted by molar-refractivity contribution is 0.0595. The average Bonchev–Trinajstić information content (AvgIpc) is 3.10. The number of aromatic amines is 1. The molecule has 0 aliphatic carbocycles. The fourth-order valence-electron chi connectivity index (χ4n) is 2.61. The van der Waals surface area contributed by atoms with Crippen LogP contribution in [0.2, 0.25) is 0 Å². The summed E-state index contributed by atoms with van der Waals surface area (Å²) in [6.45, 7) is 0. The number of ether oxygens (including phenoxy) is 1. The van der Waals surface area contributed by atoms with Crippen molar-refractivity contribution in [3.8, 4) is 0 Å². The van der Waals surface area contributed by atoms with E-state index in [0.717, 1.165) is 5.52 Å². The van der Waals surface area contributed by atoms with Crippen molar-refractivity contribution in [3.63, 3.8) is 0 Å². The van der Waals surface area contributed by atoms with E-state index < -0.39 is 5.97 Å². The Morgan fingerprint density at radius 2 is 1.85 bits per heavy atom. The Kier molecular flexibility index (Phi) is 3.77. The van der Waals surface area contributed by atoms with Crippen LogP contribution in [-0.4, -0.2) is 38.9 Å². The summed E-state index contributed by atoms with van der Waals surface area (Å²) in [6, 6.07) is 8.45. The number of methoxy groups -OCH3 is 1. The van der Waals surface area contributed by atoms with Gasteiger partial charge in [0.05, 0.1) is 30.0 Å². The standard InChI is InChI=1S/C18H13N5O3/c1-26-18(25)15-8-11-6-12(9-21-16(11)23-15)22-17(24)10-2-3-13-14(7-10)20-5-4-19-13/h2-9H,1H3,(H,21,23)(H,22,24). The Labute approximate surface area is 147 Å². The number of amides is 1. The van der Waals surface area contributed by atoms with Crippen LogP contribution in [0.5, 0.6) is 0 Å². The molecule has 0 radical (unpaired) electrons. The van der Waals surface area contributed by atoms with Crippen molar-refractivity contribution in [2.24, 2.45) is 0 Å². The van der Waals surface area contributed by atoms with Crippen LogP contribution in [-0.2, 0) is 4.74 Å². The van der Waals surface area contributed by atoms with Gasteiger partial charge in [-0.25, -0.2) is 9.78 Å². The number of esters is 1.